The van der Waals surface area contributed by atoms with Crippen LogP contribution in [0.5, 0.6) is 0 Å². The highest BCUT2D eigenvalue weighted by Gasteiger charge is 2.32. The molecule has 2 aliphatic heterocycles. The summed E-state index contributed by atoms with van der Waals surface area (Å²) in [7, 11) is 0. The molecule has 2 aromatic carbocycles. The molecule has 2 heterocycles. The van der Waals surface area contributed by atoms with Crippen LogP contribution in [-0.4, -0.2) is 65.8 Å². The summed E-state index contributed by atoms with van der Waals surface area (Å²) < 4.78 is 0. The molecule has 0 atom stereocenters. The van der Waals surface area contributed by atoms with E-state index in [1.165, 1.54) is 6.07 Å². The van der Waals surface area contributed by atoms with Gasteiger partial charge < -0.3 is 14.7 Å². The highest BCUT2D eigenvalue weighted by Crippen LogP contribution is 2.32. The van der Waals surface area contributed by atoms with E-state index in [-0.39, 0.29) is 23.4 Å². The molecule has 0 saturated carbocycles. The van der Waals surface area contributed by atoms with Crippen LogP contribution in [0.3, 0.4) is 0 Å². The molecule has 0 N–H and O–H groups in total. The highest BCUT2D eigenvalue weighted by atomic mass is 35.5. The van der Waals surface area contributed by atoms with Gasteiger partial charge in [0, 0.05) is 62.4 Å². The van der Waals surface area contributed by atoms with Crippen molar-refractivity contribution < 1.29 is 14.5 Å². The zero-order valence-electron chi connectivity index (χ0n) is 18.8. The molecule has 0 radical (unpaired) electrons. The van der Waals surface area contributed by atoms with Gasteiger partial charge in [-0.2, -0.15) is 0 Å². The number of amides is 2. The third-order valence-electron chi connectivity index (χ3n) is 6.44. The summed E-state index contributed by atoms with van der Waals surface area (Å²) in [5, 5.41) is 11.7. The zero-order valence-corrected chi connectivity index (χ0v) is 19.6. The van der Waals surface area contributed by atoms with Crippen molar-refractivity contribution in [2.45, 2.75) is 12.8 Å². The number of carbonyl (C=O) groups excluding carboxylic acids is 2. The van der Waals surface area contributed by atoms with Gasteiger partial charge in [-0.25, -0.2) is 0 Å². The van der Waals surface area contributed by atoms with E-state index in [4.69, 9.17) is 11.6 Å². The molecule has 0 aromatic heterocycles. The Bertz CT molecular complexity index is 1080. The van der Waals surface area contributed by atoms with E-state index >= 15 is 0 Å². The fraction of sp³-hybridized carbons (Fsp3) is 0.360. The fourth-order valence-corrected chi connectivity index (χ4v) is 4.69. The predicted octanol–water partition coefficient (Wildman–Crippen LogP) is 3.85. The predicted molar refractivity (Wildman–Crippen MR) is 132 cm³/mol. The molecule has 0 bridgehead atoms. The molecule has 8 nitrogen and oxygen atoms in total. The molecule has 2 saturated heterocycles. The second-order valence-electron chi connectivity index (χ2n) is 8.55. The first-order valence-electron chi connectivity index (χ1n) is 11.4. The molecule has 34 heavy (non-hydrogen) atoms. The number of piperidine rings is 1. The molecule has 178 valence electrons. The van der Waals surface area contributed by atoms with Crippen LogP contribution in [0.4, 0.5) is 11.4 Å². The third-order valence-corrected chi connectivity index (χ3v) is 6.68. The van der Waals surface area contributed by atoms with Gasteiger partial charge in [0.05, 0.1) is 4.92 Å². The van der Waals surface area contributed by atoms with E-state index in [2.05, 4.69) is 0 Å². The van der Waals surface area contributed by atoms with Crippen molar-refractivity contribution in [3.63, 3.8) is 0 Å². The summed E-state index contributed by atoms with van der Waals surface area (Å²) in [6.07, 6.45) is 4.69. The zero-order chi connectivity index (χ0) is 24.1. The van der Waals surface area contributed by atoms with E-state index < -0.39 is 4.92 Å². The Hall–Kier alpha value is -3.39. The van der Waals surface area contributed by atoms with Gasteiger partial charge in [0.1, 0.15) is 5.69 Å². The number of hydrogen-bond acceptors (Lipinski definition) is 5. The van der Waals surface area contributed by atoms with Crippen LogP contribution in [0.25, 0.3) is 6.08 Å². The topological polar surface area (TPSA) is 87.0 Å². The van der Waals surface area contributed by atoms with Crippen molar-refractivity contribution >= 4 is 40.9 Å². The fourth-order valence-electron chi connectivity index (χ4n) is 4.52. The summed E-state index contributed by atoms with van der Waals surface area (Å²) in [6, 6.07) is 14.3. The molecule has 0 aliphatic carbocycles. The molecule has 2 fully saturated rings. The number of likely N-dealkylation sites (tertiary alicyclic amines) is 1. The maximum absolute atomic E-state index is 13.1. The van der Waals surface area contributed by atoms with E-state index in [0.29, 0.717) is 62.8 Å². The summed E-state index contributed by atoms with van der Waals surface area (Å²) in [6.45, 7) is 3.19. The minimum absolute atomic E-state index is 0.0226. The van der Waals surface area contributed by atoms with Gasteiger partial charge in [-0.15, -0.1) is 0 Å². The Morgan fingerprint density at radius 1 is 0.941 bits per heavy atom. The highest BCUT2D eigenvalue weighted by molar-refractivity contribution is 6.30. The minimum Gasteiger partial charge on any atom is -0.362 e. The first-order chi connectivity index (χ1) is 16.4. The van der Waals surface area contributed by atoms with Crippen LogP contribution in [0.2, 0.25) is 5.02 Å². The second-order valence-corrected chi connectivity index (χ2v) is 8.98. The Morgan fingerprint density at radius 2 is 1.62 bits per heavy atom. The second kappa shape index (κ2) is 10.7. The lowest BCUT2D eigenvalue weighted by molar-refractivity contribution is -0.384. The van der Waals surface area contributed by atoms with E-state index in [1.807, 2.05) is 46.2 Å². The standard InChI is InChI=1S/C25H27ClN4O4/c26-21-7-8-22(23(18-21)30(33)34)27-14-16-29(17-15-27)25(32)20-10-12-28(13-11-20)24(31)9-6-19-4-2-1-3-5-19/h1-9,18,20H,10-17H2/b9-6+. The normalized spacial score (nSPS) is 17.3. The lowest BCUT2D eigenvalue weighted by Crippen LogP contribution is -2.52. The number of nitro groups is 1. The number of hydrogen-bond donors (Lipinski definition) is 0. The van der Waals surface area contributed by atoms with Crippen LogP contribution in [0.1, 0.15) is 18.4 Å². The largest absolute Gasteiger partial charge is 0.362 e. The average molecular weight is 483 g/mol. The number of nitrogens with zero attached hydrogens (tertiary/aromatic N) is 4. The lowest BCUT2D eigenvalue weighted by Gasteiger charge is -2.39. The van der Waals surface area contributed by atoms with Crippen molar-refractivity contribution in [2.24, 2.45) is 5.92 Å². The SMILES string of the molecule is O=C(/C=C/c1ccccc1)N1CCC(C(=O)N2CCN(c3ccc(Cl)cc3[N+](=O)[O-])CC2)CC1. The number of carbonyl (C=O) groups is 2. The first kappa shape index (κ1) is 23.8. The number of nitro benzene ring substituents is 1. The van der Waals surface area contributed by atoms with E-state index in [1.54, 1.807) is 23.1 Å². The van der Waals surface area contributed by atoms with Gasteiger partial charge in [0.15, 0.2) is 0 Å². The van der Waals surface area contributed by atoms with Crippen LogP contribution in [-0.2, 0) is 9.59 Å². The molecule has 4 rings (SSSR count). The smallest absolute Gasteiger partial charge is 0.294 e. The van der Waals surface area contributed by atoms with E-state index in [9.17, 15) is 19.7 Å². The van der Waals surface area contributed by atoms with Crippen LogP contribution >= 0.6 is 11.6 Å². The quantitative estimate of drug-likeness (QED) is 0.367. The van der Waals surface area contributed by atoms with Gasteiger partial charge in [0.25, 0.3) is 5.69 Å². The first-order valence-corrected chi connectivity index (χ1v) is 11.8. The van der Waals surface area contributed by atoms with Crippen LogP contribution in [0, 0.1) is 16.0 Å². The van der Waals surface area contributed by atoms with Crippen molar-refractivity contribution in [3.05, 3.63) is 75.3 Å². The molecular formula is C25H27ClN4O4. The Morgan fingerprint density at radius 3 is 2.26 bits per heavy atom. The van der Waals surface area contributed by atoms with E-state index in [0.717, 1.165) is 5.56 Å². The van der Waals surface area contributed by atoms with Gasteiger partial charge in [-0.05, 0) is 36.6 Å². The number of benzene rings is 2. The van der Waals surface area contributed by atoms with Crippen LogP contribution < -0.4 is 4.90 Å². The number of halogens is 1. The Labute approximate surface area is 203 Å². The van der Waals surface area contributed by atoms with Gasteiger partial charge in [-0.1, -0.05) is 41.9 Å². The summed E-state index contributed by atoms with van der Waals surface area (Å²) >= 11 is 5.92. The molecule has 0 spiro atoms. The summed E-state index contributed by atoms with van der Waals surface area (Å²) in [4.78, 5) is 42.1. The monoisotopic (exact) mass is 482 g/mol. The van der Waals surface area contributed by atoms with Crippen LogP contribution in [0.15, 0.2) is 54.6 Å². The number of piperazine rings is 1. The average Bonchev–Trinajstić information content (AvgIpc) is 2.87. The van der Waals surface area contributed by atoms with Gasteiger partial charge in [-0.3, -0.25) is 19.7 Å². The maximum atomic E-state index is 13.1. The summed E-state index contributed by atoms with van der Waals surface area (Å²) in [5.41, 5.74) is 1.48. The molecule has 2 aromatic rings. The Kier molecular flexibility index (Phi) is 7.47. The molecule has 2 amide bonds. The maximum Gasteiger partial charge on any atom is 0.294 e. The van der Waals surface area contributed by atoms with Gasteiger partial charge >= 0.3 is 0 Å². The Balaban J connectivity index is 1.27. The van der Waals surface area contributed by atoms with Crippen molar-refractivity contribution in [2.75, 3.05) is 44.2 Å². The van der Waals surface area contributed by atoms with Crippen molar-refractivity contribution in [1.82, 2.24) is 9.80 Å². The van der Waals surface area contributed by atoms with Gasteiger partial charge in [0.2, 0.25) is 11.8 Å². The number of anilines is 1. The summed E-state index contributed by atoms with van der Waals surface area (Å²) in [5.74, 6) is -0.0244. The molecule has 2 aliphatic rings. The minimum atomic E-state index is -0.428. The lowest BCUT2D eigenvalue weighted by atomic mass is 9.94. The third kappa shape index (κ3) is 5.56. The molecule has 9 heteroatoms. The van der Waals surface area contributed by atoms with Crippen molar-refractivity contribution in [1.29, 1.82) is 0 Å². The molecular weight excluding hydrogens is 456 g/mol. The molecule has 0 unspecified atom stereocenters. The number of rotatable bonds is 5. The van der Waals surface area contributed by atoms with Crippen molar-refractivity contribution in [3.8, 4) is 0 Å².